The Morgan fingerprint density at radius 2 is 1.50 bits per heavy atom. The fourth-order valence-electron chi connectivity index (χ4n) is 1.91. The number of hydrogen-bond donors (Lipinski definition) is 0. The molecule has 0 aliphatic rings. The molecule has 0 saturated carbocycles. The van der Waals surface area contributed by atoms with Crippen molar-refractivity contribution in [3.05, 3.63) is 18.2 Å². The summed E-state index contributed by atoms with van der Waals surface area (Å²) in [5.41, 5.74) is 0.0498. The molecule has 0 atom stereocenters. The van der Waals surface area contributed by atoms with E-state index in [1.165, 1.54) is 0 Å². The van der Waals surface area contributed by atoms with E-state index in [0.717, 1.165) is 5.82 Å². The fourth-order valence-corrected chi connectivity index (χ4v) is 1.91. The molecule has 6 heteroatoms. The molecule has 1 aromatic heterocycles. The fraction of sp³-hybridized carbons (Fsp3) is 0.750. The van der Waals surface area contributed by atoms with Crippen LogP contribution in [0.5, 0.6) is 0 Å². The maximum absolute atomic E-state index is 4.68. The summed E-state index contributed by atoms with van der Waals surface area (Å²) in [5, 5.41) is 0. The standard InChI is InChI=1S/C16H30N3.I3/c1-14(2,3)17-12-13-18(15(4,5)6)10-11-19(13)16(7,8)9;1-3-2/h10-12H,1-9H3;/q+1;-1. The van der Waals surface area contributed by atoms with Gasteiger partial charge in [-0.05, 0) is 62.3 Å². The van der Waals surface area contributed by atoms with E-state index < -0.39 is 0 Å². The van der Waals surface area contributed by atoms with Crippen LogP contribution in [0.2, 0.25) is 0 Å². The molecular formula is C16H30I3N3. The molecule has 1 aromatic rings. The second-order valence-electron chi connectivity index (χ2n) is 8.22. The quantitative estimate of drug-likeness (QED) is 0.254. The summed E-state index contributed by atoms with van der Waals surface area (Å²) in [7, 11) is 0. The van der Waals surface area contributed by atoms with Crippen molar-refractivity contribution >= 4 is 43.4 Å². The Bertz CT molecular complexity index is 455. The van der Waals surface area contributed by atoms with Crippen molar-refractivity contribution in [2.45, 2.75) is 78.9 Å². The minimum absolute atomic E-state index is 0.0513. The SMILES string of the molecule is CC(C)(C)N=Cc1n(C(C)(C)C)cc[n+]1C(C)(C)C.I[I-]I. The topological polar surface area (TPSA) is 21.2 Å². The molecule has 3 nitrogen and oxygen atoms in total. The van der Waals surface area contributed by atoms with Gasteiger partial charge in [0.25, 0.3) is 0 Å². The van der Waals surface area contributed by atoms with Gasteiger partial charge in [-0.25, -0.2) is 9.13 Å². The van der Waals surface area contributed by atoms with Gasteiger partial charge in [-0.2, -0.15) is 0 Å². The second-order valence-corrected chi connectivity index (χ2v) is 24.5. The van der Waals surface area contributed by atoms with Crippen LogP contribution in [-0.2, 0) is 11.1 Å². The van der Waals surface area contributed by atoms with E-state index in [-0.39, 0.29) is 16.6 Å². The molecule has 0 bridgehead atoms. The van der Waals surface area contributed by atoms with Crippen molar-refractivity contribution in [1.29, 1.82) is 0 Å². The van der Waals surface area contributed by atoms with E-state index >= 15 is 0 Å². The number of rotatable bonds is 1. The summed E-state index contributed by atoms with van der Waals surface area (Å²) in [5.74, 6) is 1.15. The summed E-state index contributed by atoms with van der Waals surface area (Å²) in [4.78, 5) is 4.68. The van der Waals surface area contributed by atoms with Gasteiger partial charge in [-0.15, -0.1) is 0 Å². The molecule has 130 valence electrons. The maximum atomic E-state index is 4.68. The van der Waals surface area contributed by atoms with E-state index in [2.05, 4.69) is 126 Å². The van der Waals surface area contributed by atoms with Gasteiger partial charge in [0.1, 0.15) is 29.7 Å². The third-order valence-corrected chi connectivity index (χ3v) is 2.87. The van der Waals surface area contributed by atoms with Gasteiger partial charge < -0.3 is 0 Å². The van der Waals surface area contributed by atoms with Crippen molar-refractivity contribution in [1.82, 2.24) is 4.57 Å². The van der Waals surface area contributed by atoms with E-state index in [0.29, 0.717) is 13.3 Å². The van der Waals surface area contributed by atoms with Gasteiger partial charge in [-0.3, -0.25) is 4.99 Å². The average Bonchev–Trinajstić information content (AvgIpc) is 2.69. The van der Waals surface area contributed by atoms with Crippen LogP contribution in [0, 0.1) is 0 Å². The molecule has 0 N–H and O–H groups in total. The Morgan fingerprint density at radius 1 is 1.05 bits per heavy atom. The predicted molar refractivity (Wildman–Crippen MR) is 110 cm³/mol. The summed E-state index contributed by atoms with van der Waals surface area (Å²) < 4.78 is 4.57. The number of imidazole rings is 1. The van der Waals surface area contributed by atoms with Crippen LogP contribution in [0.15, 0.2) is 17.4 Å². The Hall–Kier alpha value is 1.07. The zero-order chi connectivity index (χ0) is 17.8. The molecule has 0 unspecified atom stereocenters. The zero-order valence-corrected chi connectivity index (χ0v) is 21.7. The first kappa shape index (κ1) is 23.1. The van der Waals surface area contributed by atoms with E-state index in [4.69, 9.17) is 0 Å². The van der Waals surface area contributed by atoms with Gasteiger partial charge in [0.05, 0.1) is 5.54 Å². The summed E-state index contributed by atoms with van der Waals surface area (Å²) >= 11 is 5.30. The third kappa shape index (κ3) is 8.25. The number of hydrogen-bond acceptors (Lipinski definition) is 1. The van der Waals surface area contributed by atoms with Crippen LogP contribution < -0.4 is 17.8 Å². The van der Waals surface area contributed by atoms with Crippen molar-refractivity contribution in [2.75, 3.05) is 0 Å². The Labute approximate surface area is 166 Å². The number of aliphatic imine (C=N–C) groups is 1. The molecule has 0 radical (unpaired) electrons. The Kier molecular flexibility index (Phi) is 9.39. The van der Waals surface area contributed by atoms with Gasteiger partial charge >= 0.3 is 56.3 Å². The van der Waals surface area contributed by atoms with Crippen LogP contribution in [-0.4, -0.2) is 16.3 Å². The van der Waals surface area contributed by atoms with Crippen LogP contribution in [0.3, 0.4) is 0 Å². The van der Waals surface area contributed by atoms with E-state index in [1.54, 1.807) is 0 Å². The van der Waals surface area contributed by atoms with Gasteiger partial charge in [-0.1, -0.05) is 0 Å². The molecule has 1 heterocycles. The molecular weight excluding hydrogens is 615 g/mol. The van der Waals surface area contributed by atoms with E-state index in [9.17, 15) is 0 Å². The summed E-state index contributed by atoms with van der Waals surface area (Å²) in [6, 6.07) is 0. The Morgan fingerprint density at radius 3 is 1.82 bits per heavy atom. The predicted octanol–water partition coefficient (Wildman–Crippen LogP) is 2.28. The monoisotopic (exact) mass is 645 g/mol. The van der Waals surface area contributed by atoms with Crippen LogP contribution in [0.1, 0.15) is 68.1 Å². The molecule has 0 spiro atoms. The normalized spacial score (nSPS) is 13.4. The minimum atomic E-state index is -0.0529. The molecule has 1 rings (SSSR count). The van der Waals surface area contributed by atoms with Crippen LogP contribution in [0.4, 0.5) is 0 Å². The molecule has 0 saturated heterocycles. The van der Waals surface area contributed by atoms with Gasteiger partial charge in [0, 0.05) is 0 Å². The van der Waals surface area contributed by atoms with Gasteiger partial charge in [0.2, 0.25) is 0 Å². The molecule has 0 fully saturated rings. The van der Waals surface area contributed by atoms with Gasteiger partial charge in [0.15, 0.2) is 0 Å². The van der Waals surface area contributed by atoms with Crippen molar-refractivity contribution in [3.8, 4) is 0 Å². The summed E-state index contributed by atoms with van der Waals surface area (Å²) in [6.07, 6.45) is 6.31. The first-order valence-electron chi connectivity index (χ1n) is 7.30. The summed E-state index contributed by atoms with van der Waals surface area (Å²) in [6.45, 7) is 19.7. The zero-order valence-electron chi connectivity index (χ0n) is 15.2. The van der Waals surface area contributed by atoms with Crippen LogP contribution >= 0.6 is 37.2 Å². The Balaban J connectivity index is 0.00000135. The number of halogens is 3. The van der Waals surface area contributed by atoms with Crippen LogP contribution in [0.25, 0.3) is 0 Å². The number of nitrogens with zero attached hydrogens (tertiary/aromatic N) is 3. The average molecular weight is 645 g/mol. The molecule has 0 amide bonds. The van der Waals surface area contributed by atoms with Crippen molar-refractivity contribution in [3.63, 3.8) is 0 Å². The first-order chi connectivity index (χ1) is 9.74. The van der Waals surface area contributed by atoms with E-state index in [1.807, 2.05) is 6.21 Å². The molecule has 0 aliphatic carbocycles. The molecule has 0 aliphatic heterocycles. The number of aromatic nitrogens is 2. The molecule has 22 heavy (non-hydrogen) atoms. The molecule has 0 aromatic carbocycles. The van der Waals surface area contributed by atoms with Crippen molar-refractivity contribution < 1.29 is 17.8 Å². The van der Waals surface area contributed by atoms with Crippen molar-refractivity contribution in [2.24, 2.45) is 4.99 Å². The second kappa shape index (κ2) is 8.96. The third-order valence-electron chi connectivity index (χ3n) is 2.87. The first-order valence-corrected chi connectivity index (χ1v) is 19.9.